The van der Waals surface area contributed by atoms with E-state index >= 15 is 0 Å². The number of nitro groups is 2. The molecule has 0 aliphatic carbocycles. The summed E-state index contributed by atoms with van der Waals surface area (Å²) in [6.45, 7) is 1.35. The predicted octanol–water partition coefficient (Wildman–Crippen LogP) is 3.89. The van der Waals surface area contributed by atoms with Crippen molar-refractivity contribution >= 4 is 23.5 Å². The molecule has 26 heavy (non-hydrogen) atoms. The molecule has 2 heterocycles. The van der Waals surface area contributed by atoms with Crippen molar-refractivity contribution in [2.24, 2.45) is 0 Å². The average molecular weight is 360 g/mol. The van der Waals surface area contributed by atoms with Gasteiger partial charge in [-0.25, -0.2) is 0 Å². The molecule has 0 unspecified atom stereocenters. The van der Waals surface area contributed by atoms with Crippen molar-refractivity contribution in [1.29, 1.82) is 0 Å². The topological polar surface area (TPSA) is 105 Å². The molecule has 2 atom stereocenters. The number of hydrogen-bond donors (Lipinski definition) is 0. The van der Waals surface area contributed by atoms with E-state index in [4.69, 9.17) is 9.47 Å². The van der Waals surface area contributed by atoms with Crippen molar-refractivity contribution in [2.45, 2.75) is 37.9 Å². The summed E-state index contributed by atoms with van der Waals surface area (Å²) >= 11 is 0. The minimum absolute atomic E-state index is 0.0734. The number of nitro benzene ring substituents is 2. The van der Waals surface area contributed by atoms with E-state index in [0.717, 1.165) is 31.7 Å². The lowest BCUT2D eigenvalue weighted by molar-refractivity contribution is -0.394. The van der Waals surface area contributed by atoms with Gasteiger partial charge in [-0.2, -0.15) is 0 Å². The quantitative estimate of drug-likeness (QED) is 0.563. The molecule has 0 spiro atoms. The van der Waals surface area contributed by atoms with Crippen molar-refractivity contribution in [1.82, 2.24) is 0 Å². The van der Waals surface area contributed by atoms with Crippen molar-refractivity contribution in [3.05, 3.63) is 55.6 Å². The first-order chi connectivity index (χ1) is 12.5. The van der Waals surface area contributed by atoms with Gasteiger partial charge < -0.3 is 9.47 Å². The SMILES string of the molecule is O=[N+]([O-])c1cc([N+](=O)[O-])c(/C=C/[C@@H]2CCCO2)cc1/C=C/[C@@H]1CCCO1. The summed E-state index contributed by atoms with van der Waals surface area (Å²) in [4.78, 5) is 21.5. The standard InChI is InChI=1S/C18H20N2O6/c21-19(22)17-12-18(20(23)24)14(6-8-16-4-2-10-26-16)11-13(17)5-7-15-3-1-9-25-15/h5-8,11-12,15-16H,1-4,9-10H2/b7-5+,8-6+/t15-,16-/m0/s1. The third kappa shape index (κ3) is 4.33. The lowest BCUT2D eigenvalue weighted by Gasteiger charge is -2.06. The van der Waals surface area contributed by atoms with E-state index < -0.39 is 9.85 Å². The second-order valence-corrected chi connectivity index (χ2v) is 6.31. The van der Waals surface area contributed by atoms with Crippen molar-refractivity contribution in [2.75, 3.05) is 13.2 Å². The van der Waals surface area contributed by atoms with Gasteiger partial charge in [-0.3, -0.25) is 20.2 Å². The van der Waals surface area contributed by atoms with E-state index in [1.807, 2.05) is 0 Å². The Morgan fingerprint density at radius 2 is 1.31 bits per heavy atom. The summed E-state index contributed by atoms with van der Waals surface area (Å²) in [6.07, 6.45) is 10.3. The number of rotatable bonds is 6. The number of benzene rings is 1. The zero-order valence-corrected chi connectivity index (χ0v) is 14.2. The Kier molecular flexibility index (Phi) is 5.75. The van der Waals surface area contributed by atoms with Crippen LogP contribution in [0, 0.1) is 20.2 Å². The molecule has 2 fully saturated rings. The summed E-state index contributed by atoms with van der Waals surface area (Å²) in [6, 6.07) is 2.50. The van der Waals surface area contributed by atoms with Crippen LogP contribution < -0.4 is 0 Å². The molecule has 0 aromatic heterocycles. The highest BCUT2D eigenvalue weighted by molar-refractivity contribution is 5.73. The highest BCUT2D eigenvalue weighted by Crippen LogP contribution is 2.32. The molecule has 0 amide bonds. The lowest BCUT2D eigenvalue weighted by Crippen LogP contribution is -2.01. The van der Waals surface area contributed by atoms with Crippen LogP contribution in [-0.2, 0) is 9.47 Å². The molecule has 138 valence electrons. The molecule has 1 aromatic carbocycles. The smallest absolute Gasteiger partial charge is 0.283 e. The van der Waals surface area contributed by atoms with Gasteiger partial charge in [-0.1, -0.05) is 12.2 Å². The number of nitrogens with zero attached hydrogens (tertiary/aromatic N) is 2. The Morgan fingerprint density at radius 3 is 1.65 bits per heavy atom. The maximum absolute atomic E-state index is 11.4. The molecule has 8 heteroatoms. The first-order valence-electron chi connectivity index (χ1n) is 8.61. The van der Waals surface area contributed by atoms with E-state index in [9.17, 15) is 20.2 Å². The Balaban J connectivity index is 1.96. The van der Waals surface area contributed by atoms with Crippen LogP contribution in [0.25, 0.3) is 12.2 Å². The Bertz CT molecular complexity index is 687. The van der Waals surface area contributed by atoms with Crippen molar-refractivity contribution in [3.63, 3.8) is 0 Å². The van der Waals surface area contributed by atoms with Gasteiger partial charge in [0.2, 0.25) is 0 Å². The van der Waals surface area contributed by atoms with E-state index in [2.05, 4.69) is 0 Å². The molecular weight excluding hydrogens is 340 g/mol. The molecule has 8 nitrogen and oxygen atoms in total. The van der Waals surface area contributed by atoms with Gasteiger partial charge in [-0.05, 0) is 43.9 Å². The largest absolute Gasteiger partial charge is 0.374 e. The fraction of sp³-hybridized carbons (Fsp3) is 0.444. The first kappa shape index (κ1) is 18.2. The van der Waals surface area contributed by atoms with E-state index in [-0.39, 0.29) is 23.6 Å². The summed E-state index contributed by atoms with van der Waals surface area (Å²) < 4.78 is 11.0. The molecular formula is C18H20N2O6. The monoisotopic (exact) mass is 360 g/mol. The van der Waals surface area contributed by atoms with Gasteiger partial charge in [0.1, 0.15) is 0 Å². The molecule has 2 aliphatic rings. The van der Waals surface area contributed by atoms with Gasteiger partial charge >= 0.3 is 0 Å². The highest BCUT2D eigenvalue weighted by atomic mass is 16.6. The molecule has 1 aromatic rings. The molecule has 0 N–H and O–H groups in total. The Hall–Kier alpha value is -2.58. The maximum atomic E-state index is 11.4. The minimum Gasteiger partial charge on any atom is -0.374 e. The summed E-state index contributed by atoms with van der Waals surface area (Å²) in [5.74, 6) is 0. The molecule has 0 saturated carbocycles. The minimum atomic E-state index is -0.601. The van der Waals surface area contributed by atoms with Crippen LogP contribution >= 0.6 is 0 Å². The molecule has 3 rings (SSSR count). The fourth-order valence-electron chi connectivity index (χ4n) is 3.13. The zero-order valence-electron chi connectivity index (χ0n) is 14.2. The molecule has 0 radical (unpaired) electrons. The molecule has 2 saturated heterocycles. The van der Waals surface area contributed by atoms with Crippen LogP contribution in [0.3, 0.4) is 0 Å². The summed E-state index contributed by atoms with van der Waals surface area (Å²) in [5, 5.41) is 22.7. The van der Waals surface area contributed by atoms with Gasteiger partial charge in [0.05, 0.1) is 39.2 Å². The van der Waals surface area contributed by atoms with Gasteiger partial charge in [0, 0.05) is 13.2 Å². The second kappa shape index (κ2) is 8.20. The van der Waals surface area contributed by atoms with E-state index in [0.29, 0.717) is 24.3 Å². The van der Waals surface area contributed by atoms with Crippen LogP contribution in [0.2, 0.25) is 0 Å². The van der Waals surface area contributed by atoms with E-state index in [1.165, 1.54) is 6.07 Å². The average Bonchev–Trinajstić information content (AvgIpc) is 3.31. The van der Waals surface area contributed by atoms with E-state index in [1.54, 1.807) is 24.3 Å². The fourth-order valence-corrected chi connectivity index (χ4v) is 3.13. The lowest BCUT2D eigenvalue weighted by atomic mass is 10.0. The molecule has 2 aliphatic heterocycles. The molecule has 0 bridgehead atoms. The number of ether oxygens (including phenoxy) is 2. The third-order valence-corrected chi connectivity index (χ3v) is 4.48. The Morgan fingerprint density at radius 1 is 0.846 bits per heavy atom. The summed E-state index contributed by atoms with van der Waals surface area (Å²) in [5.41, 5.74) is 0.0617. The maximum Gasteiger partial charge on any atom is 0.283 e. The van der Waals surface area contributed by atoms with Gasteiger partial charge in [-0.15, -0.1) is 0 Å². The van der Waals surface area contributed by atoms with Crippen LogP contribution in [0.5, 0.6) is 0 Å². The Labute approximate surface area is 150 Å². The normalized spacial score (nSPS) is 23.2. The van der Waals surface area contributed by atoms with Crippen molar-refractivity contribution in [3.8, 4) is 0 Å². The highest BCUT2D eigenvalue weighted by Gasteiger charge is 2.23. The van der Waals surface area contributed by atoms with Crippen molar-refractivity contribution < 1.29 is 19.3 Å². The predicted molar refractivity (Wildman–Crippen MR) is 95.8 cm³/mol. The second-order valence-electron chi connectivity index (χ2n) is 6.31. The van der Waals surface area contributed by atoms with Crippen LogP contribution in [0.4, 0.5) is 11.4 Å². The van der Waals surface area contributed by atoms with Crippen LogP contribution in [-0.4, -0.2) is 35.3 Å². The van der Waals surface area contributed by atoms with Crippen LogP contribution in [0.15, 0.2) is 24.3 Å². The van der Waals surface area contributed by atoms with Gasteiger partial charge in [0.25, 0.3) is 11.4 Å². The first-order valence-corrected chi connectivity index (χ1v) is 8.61. The zero-order chi connectivity index (χ0) is 18.5. The third-order valence-electron chi connectivity index (χ3n) is 4.48. The van der Waals surface area contributed by atoms with Crippen LogP contribution in [0.1, 0.15) is 36.8 Å². The van der Waals surface area contributed by atoms with Gasteiger partial charge in [0.15, 0.2) is 0 Å². The summed E-state index contributed by atoms with van der Waals surface area (Å²) in [7, 11) is 0. The number of hydrogen-bond acceptors (Lipinski definition) is 6.